The quantitative estimate of drug-likeness (QED) is 0.745. The van der Waals surface area contributed by atoms with E-state index in [4.69, 9.17) is 9.47 Å². The highest BCUT2D eigenvalue weighted by Crippen LogP contribution is 2.41. The molecule has 116 valence electrons. The maximum absolute atomic E-state index is 13.0. The summed E-state index contributed by atoms with van der Waals surface area (Å²) in [5.74, 6) is 1.58. The first-order valence-corrected chi connectivity index (χ1v) is 7.71. The van der Waals surface area contributed by atoms with Gasteiger partial charge in [0.2, 0.25) is 6.41 Å². The van der Waals surface area contributed by atoms with Crippen LogP contribution in [0.5, 0.6) is 11.5 Å². The number of hydrogen-bond donors (Lipinski definition) is 0. The average molecular weight is 302 g/mol. The van der Waals surface area contributed by atoms with Crippen LogP contribution in [-0.2, 0) is 17.6 Å². The summed E-state index contributed by atoms with van der Waals surface area (Å²) in [4.78, 5) is 27.3. The van der Waals surface area contributed by atoms with Crippen LogP contribution in [0.15, 0.2) is 6.07 Å². The van der Waals surface area contributed by atoms with Crippen LogP contribution >= 0.6 is 0 Å². The van der Waals surface area contributed by atoms with Crippen molar-refractivity contribution in [3.63, 3.8) is 0 Å². The molecule has 22 heavy (non-hydrogen) atoms. The fourth-order valence-corrected chi connectivity index (χ4v) is 3.40. The molecule has 0 bridgehead atoms. The molecule has 0 spiro atoms. The number of ether oxygens (including phenoxy) is 2. The van der Waals surface area contributed by atoms with Crippen molar-refractivity contribution in [1.29, 1.82) is 0 Å². The summed E-state index contributed by atoms with van der Waals surface area (Å²) in [5, 5.41) is 0. The van der Waals surface area contributed by atoms with E-state index in [1.165, 1.54) is 0 Å². The van der Waals surface area contributed by atoms with E-state index in [-0.39, 0.29) is 5.91 Å². The van der Waals surface area contributed by atoms with Crippen LogP contribution in [0, 0.1) is 0 Å². The number of carbonyl (C=O) groups is 2. The number of rotatable bonds is 2. The highest BCUT2D eigenvalue weighted by molar-refractivity contribution is 6.00. The third-order valence-corrected chi connectivity index (χ3v) is 4.62. The Morgan fingerprint density at radius 2 is 1.86 bits per heavy atom. The minimum atomic E-state index is 0.00560. The van der Waals surface area contributed by atoms with Gasteiger partial charge in [0.05, 0.1) is 18.8 Å². The van der Waals surface area contributed by atoms with E-state index < -0.39 is 0 Å². The van der Waals surface area contributed by atoms with Crippen molar-refractivity contribution in [2.45, 2.75) is 12.8 Å². The second kappa shape index (κ2) is 5.19. The molecule has 2 amide bonds. The molecule has 0 radical (unpaired) electrons. The normalized spacial score (nSPS) is 19.3. The molecule has 3 aliphatic rings. The first-order valence-electron chi connectivity index (χ1n) is 7.71. The molecule has 0 saturated carbocycles. The largest absolute Gasteiger partial charge is 0.493 e. The Kier molecular flexibility index (Phi) is 3.17. The van der Waals surface area contributed by atoms with Gasteiger partial charge < -0.3 is 19.3 Å². The summed E-state index contributed by atoms with van der Waals surface area (Å²) in [6.45, 7) is 3.55. The molecule has 4 rings (SSSR count). The molecule has 0 N–H and O–H groups in total. The summed E-state index contributed by atoms with van der Waals surface area (Å²) in [5.41, 5.74) is 2.72. The summed E-state index contributed by atoms with van der Waals surface area (Å²) >= 11 is 0. The lowest BCUT2D eigenvalue weighted by Crippen LogP contribution is -2.48. The number of hydrogen-bond acceptors (Lipinski definition) is 4. The van der Waals surface area contributed by atoms with Gasteiger partial charge in [0.25, 0.3) is 5.91 Å². The molecular weight excluding hydrogens is 284 g/mol. The summed E-state index contributed by atoms with van der Waals surface area (Å²) < 4.78 is 11.4. The van der Waals surface area contributed by atoms with E-state index in [0.29, 0.717) is 45.0 Å². The van der Waals surface area contributed by atoms with Gasteiger partial charge in [-0.3, -0.25) is 9.59 Å². The summed E-state index contributed by atoms with van der Waals surface area (Å²) in [7, 11) is 0. The SMILES string of the molecule is O=CN1CCN(C(=O)c2c3c(cc4c2OCC4)OCC3)CC1. The van der Waals surface area contributed by atoms with Crippen LogP contribution in [0.1, 0.15) is 21.5 Å². The zero-order valence-corrected chi connectivity index (χ0v) is 12.3. The smallest absolute Gasteiger partial charge is 0.258 e. The van der Waals surface area contributed by atoms with Crippen LogP contribution in [0.25, 0.3) is 0 Å². The van der Waals surface area contributed by atoms with Crippen molar-refractivity contribution in [3.8, 4) is 11.5 Å². The second-order valence-corrected chi connectivity index (χ2v) is 5.85. The van der Waals surface area contributed by atoms with Gasteiger partial charge >= 0.3 is 0 Å². The van der Waals surface area contributed by atoms with Crippen molar-refractivity contribution in [1.82, 2.24) is 9.80 Å². The monoisotopic (exact) mass is 302 g/mol. The third kappa shape index (κ3) is 2.01. The lowest BCUT2D eigenvalue weighted by molar-refractivity contribution is -0.119. The van der Waals surface area contributed by atoms with Crippen molar-refractivity contribution < 1.29 is 19.1 Å². The molecule has 1 saturated heterocycles. The van der Waals surface area contributed by atoms with E-state index in [0.717, 1.165) is 41.9 Å². The lowest BCUT2D eigenvalue weighted by Gasteiger charge is -2.33. The van der Waals surface area contributed by atoms with Crippen LogP contribution in [0.4, 0.5) is 0 Å². The Morgan fingerprint density at radius 3 is 2.64 bits per heavy atom. The minimum absolute atomic E-state index is 0.00560. The molecule has 0 unspecified atom stereocenters. The van der Waals surface area contributed by atoms with Gasteiger partial charge in [0.15, 0.2) is 0 Å². The maximum atomic E-state index is 13.0. The Labute approximate surface area is 128 Å². The number of carbonyl (C=O) groups excluding carboxylic acids is 2. The molecule has 0 aliphatic carbocycles. The van der Waals surface area contributed by atoms with Gasteiger partial charge in [-0.05, 0) is 6.07 Å². The Hall–Kier alpha value is -2.24. The Balaban J connectivity index is 1.68. The van der Waals surface area contributed by atoms with E-state index >= 15 is 0 Å². The standard InChI is InChI=1S/C16H18N2O4/c19-10-17-3-5-18(6-4-17)16(20)14-12-2-8-21-13(12)9-11-1-7-22-15(11)14/h9-10H,1-8H2. The van der Waals surface area contributed by atoms with Gasteiger partial charge in [0, 0.05) is 50.1 Å². The van der Waals surface area contributed by atoms with Crippen LogP contribution < -0.4 is 9.47 Å². The number of amides is 2. The van der Waals surface area contributed by atoms with Crippen molar-refractivity contribution in [2.75, 3.05) is 39.4 Å². The first kappa shape index (κ1) is 13.4. The maximum Gasteiger partial charge on any atom is 0.258 e. The molecule has 3 heterocycles. The number of benzene rings is 1. The highest BCUT2D eigenvalue weighted by Gasteiger charge is 2.33. The summed E-state index contributed by atoms with van der Waals surface area (Å²) in [6, 6.07) is 2.02. The lowest BCUT2D eigenvalue weighted by atomic mass is 9.98. The van der Waals surface area contributed by atoms with E-state index in [1.54, 1.807) is 4.90 Å². The zero-order chi connectivity index (χ0) is 15.1. The average Bonchev–Trinajstić information content (AvgIpc) is 3.20. The predicted molar refractivity (Wildman–Crippen MR) is 78.4 cm³/mol. The van der Waals surface area contributed by atoms with Crippen LogP contribution in [-0.4, -0.2) is 61.5 Å². The number of nitrogens with zero attached hydrogens (tertiary/aromatic N) is 2. The molecule has 3 aliphatic heterocycles. The Bertz CT molecular complexity index is 603. The number of fused-ring (bicyclic) bond motifs is 2. The Morgan fingerprint density at radius 1 is 1.09 bits per heavy atom. The molecule has 6 nitrogen and oxygen atoms in total. The van der Waals surface area contributed by atoms with Gasteiger partial charge in [-0.25, -0.2) is 0 Å². The van der Waals surface area contributed by atoms with E-state index in [1.807, 2.05) is 11.0 Å². The van der Waals surface area contributed by atoms with Crippen LogP contribution in [0.3, 0.4) is 0 Å². The van der Waals surface area contributed by atoms with E-state index in [9.17, 15) is 9.59 Å². The van der Waals surface area contributed by atoms with Crippen molar-refractivity contribution in [3.05, 3.63) is 22.8 Å². The van der Waals surface area contributed by atoms with Gasteiger partial charge in [-0.1, -0.05) is 0 Å². The summed E-state index contributed by atoms with van der Waals surface area (Å²) in [6.07, 6.45) is 2.42. The molecule has 0 aromatic heterocycles. The molecule has 0 atom stereocenters. The fourth-order valence-electron chi connectivity index (χ4n) is 3.40. The fraction of sp³-hybridized carbons (Fsp3) is 0.500. The first-order chi connectivity index (χ1) is 10.8. The zero-order valence-electron chi connectivity index (χ0n) is 12.3. The topological polar surface area (TPSA) is 59.1 Å². The van der Waals surface area contributed by atoms with Gasteiger partial charge in [0.1, 0.15) is 11.5 Å². The predicted octanol–water partition coefficient (Wildman–Crippen LogP) is 0.471. The molecule has 1 aromatic carbocycles. The molecule has 1 fully saturated rings. The minimum Gasteiger partial charge on any atom is -0.493 e. The second-order valence-electron chi connectivity index (χ2n) is 5.85. The molecular formula is C16H18N2O4. The molecule has 6 heteroatoms. The number of piperazine rings is 1. The van der Waals surface area contributed by atoms with Crippen molar-refractivity contribution >= 4 is 12.3 Å². The van der Waals surface area contributed by atoms with Crippen LogP contribution in [0.2, 0.25) is 0 Å². The third-order valence-electron chi connectivity index (χ3n) is 4.62. The van der Waals surface area contributed by atoms with Gasteiger partial charge in [-0.2, -0.15) is 0 Å². The molecule has 1 aromatic rings. The highest BCUT2D eigenvalue weighted by atomic mass is 16.5. The van der Waals surface area contributed by atoms with Gasteiger partial charge in [-0.15, -0.1) is 0 Å². The van der Waals surface area contributed by atoms with Crippen molar-refractivity contribution in [2.24, 2.45) is 0 Å². The van der Waals surface area contributed by atoms with E-state index in [2.05, 4.69) is 0 Å².